The molecule has 7 heteroatoms. The van der Waals surface area contributed by atoms with Gasteiger partial charge in [-0.15, -0.1) is 0 Å². The average molecular weight is 230 g/mol. The number of H-pyrrole nitrogens is 1. The third-order valence-electron chi connectivity index (χ3n) is 1.43. The Morgan fingerprint density at radius 3 is 2.43 bits per heavy atom. The molecule has 0 atom stereocenters. The third-order valence-corrected chi connectivity index (χ3v) is 1.77. The number of aromatic amines is 1. The van der Waals surface area contributed by atoms with Crippen LogP contribution in [0.25, 0.3) is 0 Å². The zero-order valence-electron chi connectivity index (χ0n) is 6.83. The van der Waals surface area contributed by atoms with E-state index in [4.69, 9.17) is 23.2 Å². The molecule has 0 aliphatic rings. The van der Waals surface area contributed by atoms with Crippen LogP contribution in [0, 0.1) is 0 Å². The summed E-state index contributed by atoms with van der Waals surface area (Å²) in [6.45, 7) is 0. The van der Waals surface area contributed by atoms with Crippen molar-refractivity contribution >= 4 is 34.8 Å². The van der Waals surface area contributed by atoms with E-state index in [1.54, 1.807) is 12.4 Å². The highest BCUT2D eigenvalue weighted by Crippen LogP contribution is 2.14. The van der Waals surface area contributed by atoms with Crippen LogP contribution in [0.3, 0.4) is 0 Å². The number of hydrogen-bond donors (Lipinski definition) is 2. The van der Waals surface area contributed by atoms with Gasteiger partial charge < -0.3 is 10.3 Å². The molecule has 0 radical (unpaired) electrons. The number of hydrogen-bond acceptors (Lipinski definition) is 4. The molecular formula is C7H5Cl2N5. The fraction of sp³-hybridized carbons (Fsp3) is 0. The third kappa shape index (κ3) is 2.12. The van der Waals surface area contributed by atoms with Crippen LogP contribution >= 0.6 is 23.2 Å². The smallest absolute Gasteiger partial charge is 0.232 e. The summed E-state index contributed by atoms with van der Waals surface area (Å²) in [4.78, 5) is 14.2. The quantitative estimate of drug-likeness (QED) is 0.830. The Kier molecular flexibility index (Phi) is 2.51. The molecule has 2 N–H and O–H groups in total. The monoisotopic (exact) mass is 229 g/mol. The normalized spacial score (nSPS) is 10.1. The molecule has 5 nitrogen and oxygen atoms in total. The van der Waals surface area contributed by atoms with E-state index in [2.05, 4.69) is 25.3 Å². The molecule has 0 amide bonds. The van der Waals surface area contributed by atoms with Gasteiger partial charge in [-0.25, -0.2) is 0 Å². The lowest BCUT2D eigenvalue weighted by Gasteiger charge is -2.01. The Bertz CT molecular complexity index is 407. The molecule has 2 rings (SSSR count). The standard InChI is InChI=1S/C7H5Cl2N5/c8-5-12-6(9)14-7(13-5)11-4-1-2-10-3-4/h1-3,10H,(H,11,12,13,14). The van der Waals surface area contributed by atoms with E-state index in [0.717, 1.165) is 5.69 Å². The highest BCUT2D eigenvalue weighted by Gasteiger charge is 2.02. The molecule has 0 saturated carbocycles. The first-order valence-electron chi connectivity index (χ1n) is 3.71. The molecule has 0 fully saturated rings. The zero-order valence-corrected chi connectivity index (χ0v) is 8.34. The first kappa shape index (κ1) is 9.23. The fourth-order valence-electron chi connectivity index (χ4n) is 0.913. The fourth-order valence-corrected chi connectivity index (χ4v) is 1.28. The van der Waals surface area contributed by atoms with Crippen LogP contribution in [0.4, 0.5) is 11.6 Å². The number of halogens is 2. The molecular weight excluding hydrogens is 225 g/mol. The van der Waals surface area contributed by atoms with Gasteiger partial charge >= 0.3 is 0 Å². The second-order valence-corrected chi connectivity index (χ2v) is 3.10. The van der Waals surface area contributed by atoms with E-state index in [9.17, 15) is 0 Å². The lowest BCUT2D eigenvalue weighted by molar-refractivity contribution is 1.05. The Labute approximate surface area is 89.5 Å². The van der Waals surface area contributed by atoms with Crippen molar-refractivity contribution in [3.05, 3.63) is 29.0 Å². The minimum absolute atomic E-state index is 0.0584. The number of rotatable bonds is 2. The second kappa shape index (κ2) is 3.81. The van der Waals surface area contributed by atoms with E-state index in [-0.39, 0.29) is 10.6 Å². The number of nitrogens with one attached hydrogen (secondary N) is 2. The van der Waals surface area contributed by atoms with Crippen molar-refractivity contribution in [2.24, 2.45) is 0 Å². The minimum Gasteiger partial charge on any atom is -0.366 e. The zero-order chi connectivity index (χ0) is 9.97. The SMILES string of the molecule is Clc1nc(Cl)nc(Nc2cc[nH]c2)n1. The van der Waals surface area contributed by atoms with E-state index in [1.807, 2.05) is 6.07 Å². The van der Waals surface area contributed by atoms with Gasteiger partial charge in [-0.2, -0.15) is 15.0 Å². The van der Waals surface area contributed by atoms with Gasteiger partial charge in [-0.05, 0) is 29.3 Å². The van der Waals surface area contributed by atoms with Gasteiger partial charge in [0.2, 0.25) is 16.5 Å². The summed E-state index contributed by atoms with van der Waals surface area (Å²) in [5.41, 5.74) is 0.823. The maximum atomic E-state index is 5.60. The lowest BCUT2D eigenvalue weighted by Crippen LogP contribution is -1.98. The van der Waals surface area contributed by atoms with Gasteiger partial charge in [0.25, 0.3) is 0 Å². The predicted molar refractivity (Wildman–Crippen MR) is 53.9 cm³/mol. The maximum absolute atomic E-state index is 5.60. The van der Waals surface area contributed by atoms with Crippen molar-refractivity contribution in [2.45, 2.75) is 0 Å². The van der Waals surface area contributed by atoms with Crippen molar-refractivity contribution in [3.63, 3.8) is 0 Å². The van der Waals surface area contributed by atoms with Crippen molar-refractivity contribution in [1.82, 2.24) is 19.9 Å². The Balaban J connectivity index is 2.25. The van der Waals surface area contributed by atoms with E-state index >= 15 is 0 Å². The van der Waals surface area contributed by atoms with Gasteiger partial charge in [0, 0.05) is 12.4 Å². The summed E-state index contributed by atoms with van der Waals surface area (Å²) in [6.07, 6.45) is 3.53. The Hall–Kier alpha value is -1.33. The highest BCUT2D eigenvalue weighted by molar-refractivity contribution is 6.31. The van der Waals surface area contributed by atoms with Crippen molar-refractivity contribution in [2.75, 3.05) is 5.32 Å². The second-order valence-electron chi connectivity index (χ2n) is 2.42. The van der Waals surface area contributed by atoms with Gasteiger partial charge in [0.15, 0.2) is 0 Å². The maximum Gasteiger partial charge on any atom is 0.232 e. The summed E-state index contributed by atoms with van der Waals surface area (Å²) < 4.78 is 0. The molecule has 2 aromatic heterocycles. The van der Waals surface area contributed by atoms with Crippen LogP contribution in [0.2, 0.25) is 10.6 Å². The van der Waals surface area contributed by atoms with Crippen molar-refractivity contribution in [3.8, 4) is 0 Å². The summed E-state index contributed by atoms with van der Waals surface area (Å²) in [5, 5.41) is 3.02. The molecule has 0 saturated heterocycles. The van der Waals surface area contributed by atoms with Gasteiger partial charge in [-0.1, -0.05) is 0 Å². The molecule has 0 aliphatic carbocycles. The van der Waals surface area contributed by atoms with E-state index < -0.39 is 0 Å². The lowest BCUT2D eigenvalue weighted by atomic mass is 10.5. The minimum atomic E-state index is 0.0584. The molecule has 2 aromatic rings. The van der Waals surface area contributed by atoms with E-state index in [0.29, 0.717) is 5.95 Å². The first-order chi connectivity index (χ1) is 6.74. The summed E-state index contributed by atoms with van der Waals surface area (Å²) in [6, 6.07) is 1.82. The molecule has 2 heterocycles. The Morgan fingerprint density at radius 2 is 1.86 bits per heavy atom. The topological polar surface area (TPSA) is 66.5 Å². The molecule has 0 unspecified atom stereocenters. The van der Waals surface area contributed by atoms with Crippen molar-refractivity contribution < 1.29 is 0 Å². The highest BCUT2D eigenvalue weighted by atomic mass is 35.5. The summed E-state index contributed by atoms with van der Waals surface area (Å²) in [5.74, 6) is 0.314. The predicted octanol–water partition coefficient (Wildman–Crippen LogP) is 2.25. The number of nitrogens with zero attached hydrogens (tertiary/aromatic N) is 3. The molecule has 0 bridgehead atoms. The molecule has 0 aliphatic heterocycles. The van der Waals surface area contributed by atoms with Crippen LogP contribution in [-0.4, -0.2) is 19.9 Å². The van der Waals surface area contributed by atoms with Gasteiger partial charge in [-0.3, -0.25) is 0 Å². The average Bonchev–Trinajstić information content (AvgIpc) is 2.54. The molecule has 0 spiro atoms. The first-order valence-corrected chi connectivity index (χ1v) is 4.46. The van der Waals surface area contributed by atoms with Crippen LogP contribution in [0.5, 0.6) is 0 Å². The van der Waals surface area contributed by atoms with Crippen LogP contribution in [-0.2, 0) is 0 Å². The summed E-state index contributed by atoms with van der Waals surface area (Å²) in [7, 11) is 0. The number of anilines is 2. The van der Waals surface area contributed by atoms with Crippen LogP contribution in [0.1, 0.15) is 0 Å². The summed E-state index contributed by atoms with van der Waals surface area (Å²) >= 11 is 11.2. The molecule has 72 valence electrons. The largest absolute Gasteiger partial charge is 0.366 e. The van der Waals surface area contributed by atoms with E-state index in [1.165, 1.54) is 0 Å². The Morgan fingerprint density at radius 1 is 1.14 bits per heavy atom. The van der Waals surface area contributed by atoms with Crippen LogP contribution < -0.4 is 5.32 Å². The van der Waals surface area contributed by atoms with Crippen LogP contribution in [0.15, 0.2) is 18.5 Å². The molecule has 14 heavy (non-hydrogen) atoms. The van der Waals surface area contributed by atoms with Gasteiger partial charge in [0.1, 0.15) is 0 Å². The number of aromatic nitrogens is 4. The van der Waals surface area contributed by atoms with Gasteiger partial charge in [0.05, 0.1) is 5.69 Å². The molecule has 0 aromatic carbocycles. The van der Waals surface area contributed by atoms with Crippen molar-refractivity contribution in [1.29, 1.82) is 0 Å².